The summed E-state index contributed by atoms with van der Waals surface area (Å²) < 4.78 is 31.3. The minimum atomic E-state index is -3.42. The summed E-state index contributed by atoms with van der Waals surface area (Å²) in [7, 11) is -1.80. The van der Waals surface area contributed by atoms with Crippen LogP contribution in [0.5, 0.6) is 5.75 Å². The third-order valence-electron chi connectivity index (χ3n) is 5.50. The highest BCUT2D eigenvalue weighted by Crippen LogP contribution is 2.38. The fraction of sp³-hybridized carbons (Fsp3) is 0.296. The maximum Gasteiger partial charge on any atom is 0.229 e. The molecule has 2 aromatic rings. The second-order valence-electron chi connectivity index (χ2n) is 9.31. The summed E-state index contributed by atoms with van der Waals surface area (Å²) in [6.45, 7) is 6.03. The van der Waals surface area contributed by atoms with Gasteiger partial charge >= 0.3 is 0 Å². The number of allylic oxidation sites excluding steroid dienone is 4. The number of Topliss-reactive ketones (excluding diaryl/α,β-unsaturated/α-hetero) is 1. The second-order valence-corrected chi connectivity index (χ2v) is 11.1. The predicted octanol–water partition coefficient (Wildman–Crippen LogP) is 4.94. The van der Waals surface area contributed by atoms with Crippen molar-refractivity contribution in [2.24, 2.45) is 0 Å². The Morgan fingerprint density at radius 3 is 2.41 bits per heavy atom. The van der Waals surface area contributed by atoms with Gasteiger partial charge in [-0.05, 0) is 46.4 Å². The van der Waals surface area contributed by atoms with Crippen molar-refractivity contribution in [3.05, 3.63) is 76.4 Å². The second kappa shape index (κ2) is 9.99. The molecule has 0 heterocycles. The van der Waals surface area contributed by atoms with Crippen LogP contribution in [0, 0.1) is 0 Å². The molecule has 0 atom stereocenters. The summed E-state index contributed by atoms with van der Waals surface area (Å²) in [4.78, 5) is 12.6. The molecule has 2 aromatic carbocycles. The monoisotopic (exact) mass is 481 g/mol. The molecule has 34 heavy (non-hydrogen) atoms. The molecule has 7 heteroatoms. The summed E-state index contributed by atoms with van der Waals surface area (Å²) in [5.74, 6) is 0.784. The summed E-state index contributed by atoms with van der Waals surface area (Å²) in [5, 5.41) is 9.85. The Labute approximate surface area is 201 Å². The average molecular weight is 482 g/mol. The number of anilines is 1. The van der Waals surface area contributed by atoms with E-state index in [9.17, 15) is 18.3 Å². The summed E-state index contributed by atoms with van der Waals surface area (Å²) in [6, 6.07) is 8.95. The van der Waals surface area contributed by atoms with E-state index in [2.05, 4.69) is 25.5 Å². The summed E-state index contributed by atoms with van der Waals surface area (Å²) >= 11 is 0. The van der Waals surface area contributed by atoms with Gasteiger partial charge in [-0.2, -0.15) is 0 Å². The van der Waals surface area contributed by atoms with Gasteiger partial charge in [0.2, 0.25) is 10.0 Å². The quantitative estimate of drug-likeness (QED) is 0.547. The van der Waals surface area contributed by atoms with Crippen molar-refractivity contribution in [2.75, 3.05) is 18.1 Å². The Morgan fingerprint density at radius 2 is 1.82 bits per heavy atom. The molecule has 0 radical (unpaired) electrons. The van der Waals surface area contributed by atoms with Crippen LogP contribution in [-0.4, -0.2) is 32.7 Å². The van der Waals surface area contributed by atoms with E-state index in [0.29, 0.717) is 29.0 Å². The molecule has 0 aromatic heterocycles. The van der Waals surface area contributed by atoms with E-state index in [0.717, 1.165) is 28.5 Å². The molecule has 0 spiro atoms. The van der Waals surface area contributed by atoms with E-state index in [1.807, 2.05) is 42.5 Å². The van der Waals surface area contributed by atoms with E-state index in [1.165, 1.54) is 0 Å². The van der Waals surface area contributed by atoms with Crippen molar-refractivity contribution < 1.29 is 23.1 Å². The van der Waals surface area contributed by atoms with Gasteiger partial charge in [-0.3, -0.25) is 9.52 Å². The Hall–Kier alpha value is -3.16. The van der Waals surface area contributed by atoms with Gasteiger partial charge in [0.05, 0.1) is 20.0 Å². The van der Waals surface area contributed by atoms with Crippen LogP contribution in [0.3, 0.4) is 0 Å². The summed E-state index contributed by atoms with van der Waals surface area (Å²) in [6.07, 6.45) is 10.8. The minimum Gasteiger partial charge on any atom is -0.496 e. The number of methoxy groups -OCH3 is 1. The van der Waals surface area contributed by atoms with Gasteiger partial charge in [0.1, 0.15) is 5.75 Å². The number of hydrogen-bond donors (Lipinski definition) is 2. The highest BCUT2D eigenvalue weighted by atomic mass is 32.2. The number of benzene rings is 2. The number of rotatable bonds is 7. The predicted molar refractivity (Wildman–Crippen MR) is 138 cm³/mol. The number of carbonyl (C=O) groups is 1. The normalized spacial score (nSPS) is 14.4. The van der Waals surface area contributed by atoms with Gasteiger partial charge < -0.3 is 9.84 Å². The smallest absolute Gasteiger partial charge is 0.229 e. The molecule has 3 rings (SSSR count). The minimum absolute atomic E-state index is 0.0685. The number of nitrogens with one attached hydrogen (secondary N) is 1. The Balaban J connectivity index is 2.12. The molecule has 0 saturated carbocycles. The third kappa shape index (κ3) is 6.04. The lowest BCUT2D eigenvalue weighted by Gasteiger charge is -2.25. The Morgan fingerprint density at radius 1 is 1.12 bits per heavy atom. The highest BCUT2D eigenvalue weighted by Gasteiger charge is 2.24. The van der Waals surface area contributed by atoms with Crippen LogP contribution in [0.25, 0.3) is 17.7 Å². The number of hydrogen-bond acceptors (Lipinski definition) is 5. The molecule has 1 aliphatic carbocycles. The standard InChI is InChI=1S/C27H31NO5S/c1-27(2,3)24-16-20(23-8-6-7-9-25(23)30)14-19(26(24)33-4)11-10-18-12-13-22(15-21(18)17-29)28-34(5,31)32/h6-8,10-16,28-29H,9,17H2,1-5H3/b11-10+. The van der Waals surface area contributed by atoms with E-state index >= 15 is 0 Å². The van der Waals surface area contributed by atoms with E-state index in [-0.39, 0.29) is 17.8 Å². The first-order chi connectivity index (χ1) is 15.9. The van der Waals surface area contributed by atoms with Gasteiger partial charge in [-0.15, -0.1) is 0 Å². The van der Waals surface area contributed by atoms with E-state index in [1.54, 1.807) is 25.3 Å². The van der Waals surface area contributed by atoms with Gasteiger partial charge in [-0.1, -0.05) is 57.2 Å². The molecule has 0 bridgehead atoms. The number of carbonyl (C=O) groups excluding carboxylic acids is 1. The third-order valence-corrected chi connectivity index (χ3v) is 6.11. The molecule has 6 nitrogen and oxygen atoms in total. The topological polar surface area (TPSA) is 92.7 Å². The maximum absolute atomic E-state index is 12.6. The molecular weight excluding hydrogens is 450 g/mol. The number of ether oxygens (including phenoxy) is 1. The van der Waals surface area contributed by atoms with Gasteiger partial charge in [-0.25, -0.2) is 8.42 Å². The largest absolute Gasteiger partial charge is 0.496 e. The van der Waals surface area contributed by atoms with Gasteiger partial charge in [0, 0.05) is 28.8 Å². The number of ketones is 1. The molecule has 0 amide bonds. The lowest BCUT2D eigenvalue weighted by molar-refractivity contribution is -0.113. The molecule has 0 saturated heterocycles. The van der Waals surface area contributed by atoms with Gasteiger partial charge in [0.15, 0.2) is 5.78 Å². The zero-order valence-electron chi connectivity index (χ0n) is 20.2. The zero-order valence-corrected chi connectivity index (χ0v) is 21.0. The number of aliphatic hydroxyl groups excluding tert-OH is 1. The van der Waals surface area contributed by atoms with Crippen molar-refractivity contribution in [1.82, 2.24) is 0 Å². The van der Waals surface area contributed by atoms with Crippen molar-refractivity contribution in [2.45, 2.75) is 39.2 Å². The Kier molecular flexibility index (Phi) is 7.48. The number of aliphatic hydroxyl groups is 1. The molecule has 0 aliphatic heterocycles. The van der Waals surface area contributed by atoms with Crippen LogP contribution in [-0.2, 0) is 26.8 Å². The maximum atomic E-state index is 12.6. The fourth-order valence-corrected chi connectivity index (χ4v) is 4.43. The van der Waals surface area contributed by atoms with Crippen LogP contribution >= 0.6 is 0 Å². The van der Waals surface area contributed by atoms with Crippen LogP contribution in [0.2, 0.25) is 0 Å². The van der Waals surface area contributed by atoms with E-state index < -0.39 is 10.0 Å². The number of sulfonamides is 1. The molecule has 0 unspecified atom stereocenters. The van der Waals surface area contributed by atoms with Crippen LogP contribution in [0.15, 0.2) is 48.6 Å². The summed E-state index contributed by atoms with van der Waals surface area (Å²) in [5.41, 5.74) is 4.74. The van der Waals surface area contributed by atoms with Crippen molar-refractivity contribution >= 4 is 39.2 Å². The lowest BCUT2D eigenvalue weighted by atomic mass is 9.82. The first kappa shape index (κ1) is 25.5. The highest BCUT2D eigenvalue weighted by molar-refractivity contribution is 7.92. The first-order valence-corrected chi connectivity index (χ1v) is 12.8. The lowest BCUT2D eigenvalue weighted by Crippen LogP contribution is -2.15. The first-order valence-electron chi connectivity index (χ1n) is 11.0. The molecule has 180 valence electrons. The van der Waals surface area contributed by atoms with Crippen molar-refractivity contribution in [3.63, 3.8) is 0 Å². The zero-order chi connectivity index (χ0) is 25.1. The Bertz CT molecular complexity index is 1300. The van der Waals surface area contributed by atoms with Gasteiger partial charge in [0.25, 0.3) is 0 Å². The van der Waals surface area contributed by atoms with Crippen LogP contribution < -0.4 is 9.46 Å². The van der Waals surface area contributed by atoms with Crippen LogP contribution in [0.1, 0.15) is 55.0 Å². The van der Waals surface area contributed by atoms with Crippen LogP contribution in [0.4, 0.5) is 5.69 Å². The van der Waals surface area contributed by atoms with Crippen molar-refractivity contribution in [3.8, 4) is 5.75 Å². The average Bonchev–Trinajstić information content (AvgIpc) is 2.76. The van der Waals surface area contributed by atoms with E-state index in [4.69, 9.17) is 4.74 Å². The van der Waals surface area contributed by atoms with Crippen molar-refractivity contribution in [1.29, 1.82) is 0 Å². The molecular formula is C27H31NO5S. The molecule has 0 fully saturated rings. The SMILES string of the molecule is COc1c(/C=C/c2ccc(NS(C)(=O)=O)cc2CO)cc(C2=CC=CCC2=O)cc1C(C)(C)C. The molecule has 2 N–H and O–H groups in total. The fourth-order valence-electron chi connectivity index (χ4n) is 3.88. The molecule has 1 aliphatic rings.